The minimum atomic E-state index is -0.241. The van der Waals surface area contributed by atoms with Gasteiger partial charge in [0, 0.05) is 37.0 Å². The summed E-state index contributed by atoms with van der Waals surface area (Å²) in [5.41, 5.74) is 2.17. The Labute approximate surface area is 140 Å². The first-order valence-corrected chi connectivity index (χ1v) is 7.60. The van der Waals surface area contributed by atoms with Crippen molar-refractivity contribution in [2.75, 3.05) is 25.6 Å². The van der Waals surface area contributed by atoms with Gasteiger partial charge in [-0.15, -0.1) is 0 Å². The maximum atomic E-state index is 12.0. The number of carbonyl (C=O) groups is 1. The zero-order valence-electron chi connectivity index (χ0n) is 13.1. The predicted octanol–water partition coefficient (Wildman–Crippen LogP) is 2.95. The van der Waals surface area contributed by atoms with Gasteiger partial charge in [0.05, 0.1) is 0 Å². The Hall–Kier alpha value is -2.18. The monoisotopic (exact) mass is 334 g/mol. The standard InChI is InChI=1S/C16H19ClN4O2/c1-11-4-5-12(17)8-13(11)21-15-9-14(19-10-20-15)16(22)18-6-3-7-23-2/h4-5,8-10H,3,6-7H2,1-2H3,(H,18,22)(H,19,20,21). The molecule has 0 aliphatic carbocycles. The van der Waals surface area contributed by atoms with Crippen LogP contribution in [-0.2, 0) is 4.74 Å². The van der Waals surface area contributed by atoms with Crippen LogP contribution >= 0.6 is 11.6 Å². The number of carbonyl (C=O) groups excluding carboxylic acids is 1. The Morgan fingerprint density at radius 3 is 2.91 bits per heavy atom. The third-order valence-corrected chi connectivity index (χ3v) is 3.41. The fourth-order valence-corrected chi connectivity index (χ4v) is 2.10. The van der Waals surface area contributed by atoms with Crippen molar-refractivity contribution in [1.29, 1.82) is 0 Å². The van der Waals surface area contributed by atoms with Crippen LogP contribution in [0.15, 0.2) is 30.6 Å². The van der Waals surface area contributed by atoms with Gasteiger partial charge >= 0.3 is 0 Å². The first-order valence-electron chi connectivity index (χ1n) is 7.22. The Bertz CT molecular complexity index is 679. The van der Waals surface area contributed by atoms with Crippen molar-refractivity contribution in [3.63, 3.8) is 0 Å². The van der Waals surface area contributed by atoms with E-state index in [2.05, 4.69) is 20.6 Å². The van der Waals surface area contributed by atoms with Gasteiger partial charge < -0.3 is 15.4 Å². The number of amides is 1. The summed E-state index contributed by atoms with van der Waals surface area (Å²) in [5.74, 6) is 0.293. The predicted molar refractivity (Wildman–Crippen MR) is 90.3 cm³/mol. The highest BCUT2D eigenvalue weighted by Gasteiger charge is 2.09. The molecule has 0 fully saturated rings. The number of ether oxygens (including phenoxy) is 1. The molecule has 0 radical (unpaired) electrons. The maximum absolute atomic E-state index is 12.0. The van der Waals surface area contributed by atoms with Crippen molar-refractivity contribution in [1.82, 2.24) is 15.3 Å². The molecule has 0 spiro atoms. The summed E-state index contributed by atoms with van der Waals surface area (Å²) in [6, 6.07) is 7.14. The van der Waals surface area contributed by atoms with Gasteiger partial charge in [-0.25, -0.2) is 9.97 Å². The lowest BCUT2D eigenvalue weighted by Gasteiger charge is -2.10. The number of nitrogens with one attached hydrogen (secondary N) is 2. The number of anilines is 2. The Balaban J connectivity index is 2.04. The van der Waals surface area contributed by atoms with Crippen LogP contribution < -0.4 is 10.6 Å². The second kappa shape index (κ2) is 8.45. The third kappa shape index (κ3) is 5.19. The van der Waals surface area contributed by atoms with Crippen LogP contribution in [0.1, 0.15) is 22.5 Å². The van der Waals surface area contributed by atoms with Crippen molar-refractivity contribution in [3.05, 3.63) is 46.9 Å². The van der Waals surface area contributed by atoms with E-state index in [0.29, 0.717) is 29.7 Å². The van der Waals surface area contributed by atoms with Gasteiger partial charge in [-0.05, 0) is 31.0 Å². The fraction of sp³-hybridized carbons (Fsp3) is 0.312. The molecule has 0 unspecified atom stereocenters. The van der Waals surface area contributed by atoms with Crippen LogP contribution in [0.3, 0.4) is 0 Å². The quantitative estimate of drug-likeness (QED) is 0.761. The number of aromatic nitrogens is 2. The lowest BCUT2D eigenvalue weighted by atomic mass is 10.2. The minimum Gasteiger partial charge on any atom is -0.385 e. The molecule has 2 N–H and O–H groups in total. The average Bonchev–Trinajstić information content (AvgIpc) is 2.55. The molecule has 1 aromatic heterocycles. The molecule has 1 amide bonds. The molecular weight excluding hydrogens is 316 g/mol. The van der Waals surface area contributed by atoms with E-state index >= 15 is 0 Å². The highest BCUT2D eigenvalue weighted by molar-refractivity contribution is 6.30. The molecule has 6 nitrogen and oxygen atoms in total. The van der Waals surface area contributed by atoms with Gasteiger partial charge in [0.15, 0.2) is 0 Å². The first kappa shape index (κ1) is 17.2. The van der Waals surface area contributed by atoms with Crippen LogP contribution in [0.5, 0.6) is 0 Å². The second-order valence-electron chi connectivity index (χ2n) is 4.97. The summed E-state index contributed by atoms with van der Waals surface area (Å²) in [7, 11) is 1.63. The fourth-order valence-electron chi connectivity index (χ4n) is 1.93. The minimum absolute atomic E-state index is 0.241. The van der Waals surface area contributed by atoms with Crippen LogP contribution in [0.4, 0.5) is 11.5 Å². The van der Waals surface area contributed by atoms with Crippen LogP contribution in [0.25, 0.3) is 0 Å². The molecule has 2 aromatic rings. The van der Waals surface area contributed by atoms with Gasteiger partial charge in [0.25, 0.3) is 5.91 Å². The van der Waals surface area contributed by atoms with Crippen molar-refractivity contribution in [2.24, 2.45) is 0 Å². The molecule has 2 rings (SSSR count). The first-order chi connectivity index (χ1) is 11.1. The number of methoxy groups -OCH3 is 1. The van der Waals surface area contributed by atoms with Gasteiger partial charge in [0.2, 0.25) is 0 Å². The highest BCUT2D eigenvalue weighted by Crippen LogP contribution is 2.23. The molecule has 0 aliphatic rings. The molecule has 0 atom stereocenters. The number of hydrogen-bond acceptors (Lipinski definition) is 5. The molecule has 1 heterocycles. The van der Waals surface area contributed by atoms with E-state index in [4.69, 9.17) is 16.3 Å². The average molecular weight is 335 g/mol. The number of hydrogen-bond donors (Lipinski definition) is 2. The van der Waals surface area contributed by atoms with E-state index in [0.717, 1.165) is 17.7 Å². The smallest absolute Gasteiger partial charge is 0.270 e. The van der Waals surface area contributed by atoms with Crippen molar-refractivity contribution in [2.45, 2.75) is 13.3 Å². The lowest BCUT2D eigenvalue weighted by Crippen LogP contribution is -2.26. The molecule has 0 bridgehead atoms. The molecule has 23 heavy (non-hydrogen) atoms. The van der Waals surface area contributed by atoms with Crippen molar-refractivity contribution < 1.29 is 9.53 Å². The molecule has 0 saturated carbocycles. The molecule has 7 heteroatoms. The molecule has 0 aliphatic heterocycles. The Morgan fingerprint density at radius 2 is 2.13 bits per heavy atom. The summed E-state index contributed by atoms with van der Waals surface area (Å²) < 4.78 is 4.94. The summed E-state index contributed by atoms with van der Waals surface area (Å²) in [6.07, 6.45) is 2.10. The lowest BCUT2D eigenvalue weighted by molar-refractivity contribution is 0.0943. The van der Waals surface area contributed by atoms with E-state index in [9.17, 15) is 4.79 Å². The normalized spacial score (nSPS) is 10.4. The number of aryl methyl sites for hydroxylation is 1. The topological polar surface area (TPSA) is 76.1 Å². The summed E-state index contributed by atoms with van der Waals surface area (Å²) in [4.78, 5) is 20.2. The second-order valence-corrected chi connectivity index (χ2v) is 5.41. The zero-order chi connectivity index (χ0) is 16.7. The van der Waals surface area contributed by atoms with Crippen LogP contribution in [-0.4, -0.2) is 36.1 Å². The number of benzene rings is 1. The van der Waals surface area contributed by atoms with E-state index in [1.165, 1.54) is 6.33 Å². The summed E-state index contributed by atoms with van der Waals surface area (Å²) in [5, 5.41) is 6.56. The van der Waals surface area contributed by atoms with Crippen LogP contribution in [0, 0.1) is 6.92 Å². The van der Waals surface area contributed by atoms with E-state index in [-0.39, 0.29) is 5.91 Å². The Morgan fingerprint density at radius 1 is 1.30 bits per heavy atom. The van der Waals surface area contributed by atoms with Gasteiger partial charge in [-0.2, -0.15) is 0 Å². The van der Waals surface area contributed by atoms with Crippen molar-refractivity contribution in [3.8, 4) is 0 Å². The van der Waals surface area contributed by atoms with E-state index in [1.54, 1.807) is 13.2 Å². The van der Waals surface area contributed by atoms with E-state index in [1.807, 2.05) is 25.1 Å². The van der Waals surface area contributed by atoms with Gasteiger partial charge in [0.1, 0.15) is 17.8 Å². The molecule has 1 aromatic carbocycles. The molecule has 122 valence electrons. The number of rotatable bonds is 7. The highest BCUT2D eigenvalue weighted by atomic mass is 35.5. The number of nitrogens with zero attached hydrogens (tertiary/aromatic N) is 2. The third-order valence-electron chi connectivity index (χ3n) is 3.17. The van der Waals surface area contributed by atoms with Crippen LogP contribution in [0.2, 0.25) is 5.02 Å². The number of halogens is 1. The Kier molecular flexibility index (Phi) is 6.31. The SMILES string of the molecule is COCCCNC(=O)c1cc(Nc2cc(Cl)ccc2C)ncn1. The van der Waals surface area contributed by atoms with E-state index < -0.39 is 0 Å². The van der Waals surface area contributed by atoms with Gasteiger partial charge in [-0.3, -0.25) is 4.79 Å². The molecular formula is C16H19ClN4O2. The maximum Gasteiger partial charge on any atom is 0.270 e. The summed E-state index contributed by atoms with van der Waals surface area (Å²) in [6.45, 7) is 3.10. The van der Waals surface area contributed by atoms with Crippen molar-refractivity contribution >= 4 is 29.0 Å². The molecule has 0 saturated heterocycles. The van der Waals surface area contributed by atoms with Gasteiger partial charge in [-0.1, -0.05) is 17.7 Å². The largest absolute Gasteiger partial charge is 0.385 e. The summed E-state index contributed by atoms with van der Waals surface area (Å²) >= 11 is 6.00. The zero-order valence-corrected chi connectivity index (χ0v) is 13.9.